The van der Waals surface area contributed by atoms with E-state index in [0.29, 0.717) is 42.7 Å². The molecule has 1 saturated heterocycles. The van der Waals surface area contributed by atoms with Gasteiger partial charge in [0.25, 0.3) is 0 Å². The van der Waals surface area contributed by atoms with Crippen molar-refractivity contribution in [3.63, 3.8) is 0 Å². The number of piperazine rings is 1. The zero-order chi connectivity index (χ0) is 20.2. The smallest absolute Gasteiger partial charge is 0.228 e. The van der Waals surface area contributed by atoms with Crippen LogP contribution in [0.15, 0.2) is 54.2 Å². The molecule has 0 saturated carbocycles. The van der Waals surface area contributed by atoms with Crippen LogP contribution in [0.1, 0.15) is 11.8 Å². The molecule has 4 rings (SSSR count). The molecule has 0 aliphatic carbocycles. The molecule has 0 N–H and O–H groups in total. The first kappa shape index (κ1) is 19.7. The van der Waals surface area contributed by atoms with Crippen molar-refractivity contribution >= 4 is 34.7 Å². The van der Waals surface area contributed by atoms with Crippen LogP contribution in [0.2, 0.25) is 5.02 Å². The number of amides is 1. The molecule has 1 atom stereocenters. The van der Waals surface area contributed by atoms with Gasteiger partial charge in [0.2, 0.25) is 11.8 Å². The van der Waals surface area contributed by atoms with Crippen molar-refractivity contribution in [2.45, 2.75) is 19.4 Å². The van der Waals surface area contributed by atoms with E-state index in [1.165, 1.54) is 6.33 Å². The maximum atomic E-state index is 12.7. The third kappa shape index (κ3) is 4.86. The zero-order valence-electron chi connectivity index (χ0n) is 16.0. The quantitative estimate of drug-likeness (QED) is 0.607. The molecule has 0 bridgehead atoms. The van der Waals surface area contributed by atoms with Crippen molar-refractivity contribution in [3.05, 3.63) is 64.1 Å². The van der Waals surface area contributed by atoms with Gasteiger partial charge in [0.15, 0.2) is 0 Å². The Kier molecular flexibility index (Phi) is 5.97. The lowest BCUT2D eigenvalue weighted by atomic mass is 10.1. The molecule has 1 aliphatic rings. The highest BCUT2D eigenvalue weighted by molar-refractivity contribution is 7.10. The first-order chi connectivity index (χ1) is 14.1. The lowest BCUT2D eigenvalue weighted by Gasteiger charge is -2.40. The van der Waals surface area contributed by atoms with Crippen LogP contribution in [0.5, 0.6) is 11.6 Å². The Bertz CT molecular complexity index is 982. The zero-order valence-corrected chi connectivity index (χ0v) is 17.6. The number of carbonyl (C=O) groups excluding carboxylic acids is 1. The fourth-order valence-corrected chi connectivity index (χ4v) is 4.29. The van der Waals surface area contributed by atoms with E-state index in [0.717, 1.165) is 10.7 Å². The third-order valence-electron chi connectivity index (χ3n) is 4.82. The van der Waals surface area contributed by atoms with Gasteiger partial charge in [0.05, 0.1) is 6.42 Å². The second-order valence-corrected chi connectivity index (χ2v) is 8.38. The summed E-state index contributed by atoms with van der Waals surface area (Å²) in [7, 11) is 0. The molecule has 150 valence electrons. The van der Waals surface area contributed by atoms with Crippen LogP contribution in [0.4, 0.5) is 5.82 Å². The van der Waals surface area contributed by atoms with Crippen LogP contribution < -0.4 is 9.64 Å². The summed E-state index contributed by atoms with van der Waals surface area (Å²) in [5.41, 5.74) is 0. The number of nitrogens with zero attached hydrogens (tertiary/aromatic N) is 4. The molecule has 0 unspecified atom stereocenters. The minimum Gasteiger partial charge on any atom is -0.439 e. The van der Waals surface area contributed by atoms with Gasteiger partial charge in [-0.15, -0.1) is 11.3 Å². The number of rotatable bonds is 5. The predicted octanol–water partition coefficient (Wildman–Crippen LogP) is 4.26. The lowest BCUT2D eigenvalue weighted by molar-refractivity contribution is -0.132. The Hall–Kier alpha value is -2.64. The van der Waals surface area contributed by atoms with Gasteiger partial charge in [0, 0.05) is 41.6 Å². The number of aromatic nitrogens is 2. The minimum absolute atomic E-state index is 0.100. The van der Waals surface area contributed by atoms with Gasteiger partial charge >= 0.3 is 0 Å². The van der Waals surface area contributed by atoms with Crippen LogP contribution in [0.25, 0.3) is 0 Å². The second kappa shape index (κ2) is 8.80. The molecule has 29 heavy (non-hydrogen) atoms. The van der Waals surface area contributed by atoms with Gasteiger partial charge in [-0.2, -0.15) is 0 Å². The molecule has 0 spiro atoms. The molecule has 1 aromatic carbocycles. The summed E-state index contributed by atoms with van der Waals surface area (Å²) in [5.74, 6) is 2.04. The molecule has 2 aromatic heterocycles. The number of thiophene rings is 1. The number of ether oxygens (including phenoxy) is 1. The number of halogens is 1. The summed E-state index contributed by atoms with van der Waals surface area (Å²) >= 11 is 7.63. The molecule has 3 heterocycles. The molecule has 3 aromatic rings. The standard InChI is InChI=1S/C21H21ClN4O2S/c1-15-13-25(7-8-26(15)21(27)11-18-6-3-9-29-18)19-12-20(24-14-23-19)28-17-5-2-4-16(22)10-17/h2-6,9-10,12,14-15H,7-8,11,13H2,1H3/t15-/m0/s1. The molecular formula is C21H21ClN4O2S. The molecule has 8 heteroatoms. The van der Waals surface area contributed by atoms with E-state index in [9.17, 15) is 4.79 Å². The normalized spacial score (nSPS) is 16.7. The predicted molar refractivity (Wildman–Crippen MR) is 115 cm³/mol. The average molecular weight is 429 g/mol. The Morgan fingerprint density at radius 1 is 1.24 bits per heavy atom. The second-order valence-electron chi connectivity index (χ2n) is 6.91. The summed E-state index contributed by atoms with van der Waals surface area (Å²) in [4.78, 5) is 26.5. The molecular weight excluding hydrogens is 408 g/mol. The first-order valence-corrected chi connectivity index (χ1v) is 10.7. The monoisotopic (exact) mass is 428 g/mol. The van der Waals surface area contributed by atoms with Gasteiger partial charge in [0.1, 0.15) is 17.9 Å². The van der Waals surface area contributed by atoms with E-state index in [1.807, 2.05) is 40.6 Å². The van der Waals surface area contributed by atoms with Gasteiger partial charge in [-0.05, 0) is 36.6 Å². The molecule has 0 radical (unpaired) electrons. The summed E-state index contributed by atoms with van der Waals surface area (Å²) in [6, 6.07) is 13.1. The fraction of sp³-hybridized carbons (Fsp3) is 0.286. The van der Waals surface area contributed by atoms with Crippen molar-refractivity contribution in [2.24, 2.45) is 0 Å². The average Bonchev–Trinajstić information content (AvgIpc) is 3.21. The summed E-state index contributed by atoms with van der Waals surface area (Å²) in [6.07, 6.45) is 1.96. The van der Waals surface area contributed by atoms with Gasteiger partial charge in [-0.1, -0.05) is 23.7 Å². The lowest BCUT2D eigenvalue weighted by Crippen LogP contribution is -2.54. The van der Waals surface area contributed by atoms with Crippen LogP contribution in [-0.4, -0.2) is 46.5 Å². The van der Waals surface area contributed by atoms with Crippen LogP contribution >= 0.6 is 22.9 Å². The highest BCUT2D eigenvalue weighted by Crippen LogP contribution is 2.26. The van der Waals surface area contributed by atoms with E-state index < -0.39 is 0 Å². The Labute approximate surface area is 178 Å². The topological polar surface area (TPSA) is 58.6 Å². The maximum Gasteiger partial charge on any atom is 0.228 e. The van der Waals surface area contributed by atoms with E-state index in [4.69, 9.17) is 16.3 Å². The largest absolute Gasteiger partial charge is 0.439 e. The van der Waals surface area contributed by atoms with Gasteiger partial charge < -0.3 is 14.5 Å². The third-order valence-corrected chi connectivity index (χ3v) is 5.93. The number of benzene rings is 1. The van der Waals surface area contributed by atoms with Crippen molar-refractivity contribution in [1.29, 1.82) is 0 Å². The van der Waals surface area contributed by atoms with Crippen LogP contribution in [-0.2, 0) is 11.2 Å². The highest BCUT2D eigenvalue weighted by atomic mass is 35.5. The summed E-state index contributed by atoms with van der Waals surface area (Å²) in [6.45, 7) is 4.17. The fourth-order valence-electron chi connectivity index (χ4n) is 3.41. The minimum atomic E-state index is 0.100. The number of anilines is 1. The van der Waals surface area contributed by atoms with Crippen molar-refractivity contribution in [1.82, 2.24) is 14.9 Å². The molecule has 6 nitrogen and oxygen atoms in total. The maximum absolute atomic E-state index is 12.7. The van der Waals surface area contributed by atoms with Gasteiger partial charge in [-0.25, -0.2) is 9.97 Å². The number of carbonyl (C=O) groups is 1. The van der Waals surface area contributed by atoms with E-state index in [1.54, 1.807) is 23.5 Å². The van der Waals surface area contributed by atoms with Crippen molar-refractivity contribution in [3.8, 4) is 11.6 Å². The Balaban J connectivity index is 1.40. The first-order valence-electron chi connectivity index (χ1n) is 9.41. The van der Waals surface area contributed by atoms with Crippen LogP contribution in [0, 0.1) is 0 Å². The highest BCUT2D eigenvalue weighted by Gasteiger charge is 2.28. The summed E-state index contributed by atoms with van der Waals surface area (Å²) in [5, 5.41) is 2.61. The van der Waals surface area contributed by atoms with Crippen LogP contribution in [0.3, 0.4) is 0 Å². The van der Waals surface area contributed by atoms with Gasteiger partial charge in [-0.3, -0.25) is 4.79 Å². The van der Waals surface area contributed by atoms with E-state index >= 15 is 0 Å². The number of hydrogen-bond acceptors (Lipinski definition) is 6. The Morgan fingerprint density at radius 2 is 2.14 bits per heavy atom. The Morgan fingerprint density at radius 3 is 2.90 bits per heavy atom. The van der Waals surface area contributed by atoms with Crippen molar-refractivity contribution < 1.29 is 9.53 Å². The molecule has 1 fully saturated rings. The molecule has 1 amide bonds. The SMILES string of the molecule is C[C@H]1CN(c2cc(Oc3cccc(Cl)c3)ncn2)CCN1C(=O)Cc1cccs1. The number of hydrogen-bond donors (Lipinski definition) is 0. The molecule has 1 aliphatic heterocycles. The summed E-state index contributed by atoms with van der Waals surface area (Å²) < 4.78 is 5.81. The van der Waals surface area contributed by atoms with E-state index in [2.05, 4.69) is 21.8 Å². The van der Waals surface area contributed by atoms with Crippen molar-refractivity contribution in [2.75, 3.05) is 24.5 Å². The van der Waals surface area contributed by atoms with E-state index in [-0.39, 0.29) is 11.9 Å².